The van der Waals surface area contributed by atoms with Gasteiger partial charge in [0, 0.05) is 6.20 Å². The van der Waals surface area contributed by atoms with Gasteiger partial charge in [0.15, 0.2) is 0 Å². The van der Waals surface area contributed by atoms with Crippen molar-refractivity contribution in [1.29, 1.82) is 0 Å². The standard InChI is InChI=1S/C14H17N3/c1-11-10-17(12-6-3-2-4-7-12)16-14(11)13-8-5-9-15-13/h2-4,6-7,10,13,15H,5,8-9H2,1H3/t13-/m0/s1. The lowest BCUT2D eigenvalue weighted by atomic mass is 10.1. The third-order valence-electron chi connectivity index (χ3n) is 3.35. The van der Waals surface area contributed by atoms with Gasteiger partial charge in [0.05, 0.1) is 17.4 Å². The molecule has 0 radical (unpaired) electrons. The van der Waals surface area contributed by atoms with E-state index in [1.165, 1.54) is 24.1 Å². The van der Waals surface area contributed by atoms with Crippen molar-refractivity contribution in [3.8, 4) is 5.69 Å². The number of benzene rings is 1. The Kier molecular flexibility index (Phi) is 2.69. The van der Waals surface area contributed by atoms with Crippen LogP contribution in [0.3, 0.4) is 0 Å². The molecule has 2 aromatic rings. The summed E-state index contributed by atoms with van der Waals surface area (Å²) >= 11 is 0. The van der Waals surface area contributed by atoms with Gasteiger partial charge >= 0.3 is 0 Å². The van der Waals surface area contributed by atoms with Crippen molar-refractivity contribution in [2.24, 2.45) is 0 Å². The number of hydrogen-bond acceptors (Lipinski definition) is 2. The fourth-order valence-corrected chi connectivity index (χ4v) is 2.45. The van der Waals surface area contributed by atoms with E-state index >= 15 is 0 Å². The topological polar surface area (TPSA) is 29.9 Å². The quantitative estimate of drug-likeness (QED) is 0.854. The predicted octanol–water partition coefficient (Wildman–Crippen LogP) is 2.61. The number of rotatable bonds is 2. The molecule has 0 amide bonds. The van der Waals surface area contributed by atoms with Crippen LogP contribution in [0, 0.1) is 6.92 Å². The van der Waals surface area contributed by atoms with Crippen LogP contribution in [0.25, 0.3) is 5.69 Å². The van der Waals surface area contributed by atoms with Crippen LogP contribution in [0.1, 0.15) is 30.1 Å². The second-order valence-electron chi connectivity index (χ2n) is 4.63. The van der Waals surface area contributed by atoms with Gasteiger partial charge in [0.1, 0.15) is 0 Å². The van der Waals surface area contributed by atoms with Crippen LogP contribution in [0.5, 0.6) is 0 Å². The van der Waals surface area contributed by atoms with Crippen molar-refractivity contribution in [2.75, 3.05) is 6.54 Å². The first kappa shape index (κ1) is 10.5. The van der Waals surface area contributed by atoms with Crippen LogP contribution < -0.4 is 5.32 Å². The number of aryl methyl sites for hydroxylation is 1. The summed E-state index contributed by atoms with van der Waals surface area (Å²) in [6.45, 7) is 3.25. The molecule has 0 aliphatic carbocycles. The summed E-state index contributed by atoms with van der Waals surface area (Å²) in [5.74, 6) is 0. The van der Waals surface area contributed by atoms with Crippen molar-refractivity contribution in [1.82, 2.24) is 15.1 Å². The Morgan fingerprint density at radius 2 is 2.12 bits per heavy atom. The van der Waals surface area contributed by atoms with Crippen molar-refractivity contribution >= 4 is 0 Å². The molecule has 1 fully saturated rings. The highest BCUT2D eigenvalue weighted by Gasteiger charge is 2.21. The van der Waals surface area contributed by atoms with Crippen LogP contribution in [0.4, 0.5) is 0 Å². The minimum atomic E-state index is 0.444. The molecule has 0 bridgehead atoms. The molecule has 1 aromatic heterocycles. The Labute approximate surface area is 101 Å². The normalized spacial score (nSPS) is 19.7. The van der Waals surface area contributed by atoms with Gasteiger partial charge in [-0.3, -0.25) is 0 Å². The highest BCUT2D eigenvalue weighted by molar-refractivity contribution is 5.33. The molecule has 1 aliphatic rings. The molecule has 1 N–H and O–H groups in total. The van der Waals surface area contributed by atoms with Crippen LogP contribution in [0.2, 0.25) is 0 Å². The van der Waals surface area contributed by atoms with E-state index in [9.17, 15) is 0 Å². The van der Waals surface area contributed by atoms with Gasteiger partial charge in [-0.15, -0.1) is 0 Å². The van der Waals surface area contributed by atoms with Crippen molar-refractivity contribution in [2.45, 2.75) is 25.8 Å². The van der Waals surface area contributed by atoms with E-state index in [1.54, 1.807) is 0 Å². The Balaban J connectivity index is 1.95. The lowest BCUT2D eigenvalue weighted by molar-refractivity contribution is 0.614. The summed E-state index contributed by atoms with van der Waals surface area (Å²) in [5.41, 5.74) is 3.60. The molecule has 0 spiro atoms. The molecule has 0 saturated carbocycles. The minimum absolute atomic E-state index is 0.444. The lowest BCUT2D eigenvalue weighted by Gasteiger charge is -2.07. The summed E-state index contributed by atoms with van der Waals surface area (Å²) < 4.78 is 1.98. The Morgan fingerprint density at radius 1 is 1.29 bits per heavy atom. The average molecular weight is 227 g/mol. The number of para-hydroxylation sites is 1. The van der Waals surface area contributed by atoms with Crippen molar-refractivity contribution < 1.29 is 0 Å². The Hall–Kier alpha value is -1.61. The van der Waals surface area contributed by atoms with E-state index in [1.807, 2.05) is 22.9 Å². The van der Waals surface area contributed by atoms with Crippen molar-refractivity contribution in [3.05, 3.63) is 47.8 Å². The van der Waals surface area contributed by atoms with E-state index in [0.29, 0.717) is 6.04 Å². The van der Waals surface area contributed by atoms with Gasteiger partial charge in [0.2, 0.25) is 0 Å². The van der Waals surface area contributed by atoms with Crippen LogP contribution in [0.15, 0.2) is 36.5 Å². The summed E-state index contributed by atoms with van der Waals surface area (Å²) in [7, 11) is 0. The Morgan fingerprint density at radius 3 is 2.82 bits per heavy atom. The molecule has 3 rings (SSSR count). The van der Waals surface area contributed by atoms with Gasteiger partial charge in [0.25, 0.3) is 0 Å². The van der Waals surface area contributed by atoms with E-state index in [4.69, 9.17) is 5.10 Å². The SMILES string of the molecule is Cc1cn(-c2ccccc2)nc1[C@@H]1CCCN1. The maximum atomic E-state index is 4.72. The number of nitrogens with zero attached hydrogens (tertiary/aromatic N) is 2. The molecule has 2 heterocycles. The van der Waals surface area contributed by atoms with Gasteiger partial charge in [-0.05, 0) is 44.0 Å². The molecule has 0 unspecified atom stereocenters. The van der Waals surface area contributed by atoms with E-state index in [0.717, 1.165) is 12.2 Å². The molecule has 88 valence electrons. The summed E-state index contributed by atoms with van der Waals surface area (Å²) in [4.78, 5) is 0. The van der Waals surface area contributed by atoms with E-state index in [2.05, 4.69) is 30.6 Å². The van der Waals surface area contributed by atoms with E-state index in [-0.39, 0.29) is 0 Å². The molecule has 1 aliphatic heterocycles. The molecular formula is C14H17N3. The zero-order chi connectivity index (χ0) is 11.7. The molecular weight excluding hydrogens is 210 g/mol. The fraction of sp³-hybridized carbons (Fsp3) is 0.357. The monoisotopic (exact) mass is 227 g/mol. The largest absolute Gasteiger partial charge is 0.309 e. The molecule has 3 nitrogen and oxygen atoms in total. The van der Waals surface area contributed by atoms with E-state index < -0.39 is 0 Å². The smallest absolute Gasteiger partial charge is 0.0827 e. The number of hydrogen-bond donors (Lipinski definition) is 1. The fourth-order valence-electron chi connectivity index (χ4n) is 2.45. The number of aromatic nitrogens is 2. The van der Waals surface area contributed by atoms with Gasteiger partial charge in [-0.25, -0.2) is 4.68 Å². The molecule has 1 aromatic carbocycles. The molecule has 1 atom stereocenters. The first-order chi connectivity index (χ1) is 8.34. The molecule has 1 saturated heterocycles. The Bertz CT molecular complexity index is 495. The minimum Gasteiger partial charge on any atom is -0.309 e. The molecule has 3 heteroatoms. The summed E-state index contributed by atoms with van der Waals surface area (Å²) in [6, 6.07) is 10.7. The van der Waals surface area contributed by atoms with Crippen LogP contribution in [-0.2, 0) is 0 Å². The average Bonchev–Trinajstić information content (AvgIpc) is 2.99. The molecule has 17 heavy (non-hydrogen) atoms. The van der Waals surface area contributed by atoms with Crippen LogP contribution >= 0.6 is 0 Å². The third-order valence-corrected chi connectivity index (χ3v) is 3.35. The van der Waals surface area contributed by atoms with Gasteiger partial charge < -0.3 is 5.32 Å². The second kappa shape index (κ2) is 4.34. The first-order valence-corrected chi connectivity index (χ1v) is 6.19. The zero-order valence-electron chi connectivity index (χ0n) is 10.1. The van der Waals surface area contributed by atoms with Crippen molar-refractivity contribution in [3.63, 3.8) is 0 Å². The highest BCUT2D eigenvalue weighted by Crippen LogP contribution is 2.25. The highest BCUT2D eigenvalue weighted by atomic mass is 15.3. The summed E-state index contributed by atoms with van der Waals surface area (Å²) in [5, 5.41) is 8.22. The summed E-state index contributed by atoms with van der Waals surface area (Å²) in [6.07, 6.45) is 4.57. The van der Waals surface area contributed by atoms with Gasteiger partial charge in [-0.2, -0.15) is 5.10 Å². The zero-order valence-corrected chi connectivity index (χ0v) is 10.1. The van der Waals surface area contributed by atoms with Gasteiger partial charge in [-0.1, -0.05) is 18.2 Å². The maximum Gasteiger partial charge on any atom is 0.0827 e. The first-order valence-electron chi connectivity index (χ1n) is 6.19. The second-order valence-corrected chi connectivity index (χ2v) is 4.63. The third kappa shape index (κ3) is 1.98. The predicted molar refractivity (Wildman–Crippen MR) is 68.3 cm³/mol. The van der Waals surface area contributed by atoms with Crippen LogP contribution in [-0.4, -0.2) is 16.3 Å². The lowest BCUT2D eigenvalue weighted by Crippen LogP contribution is -2.14. The maximum absolute atomic E-state index is 4.72. The number of nitrogens with one attached hydrogen (secondary N) is 1.